The third-order valence-corrected chi connectivity index (χ3v) is 4.89. The Balaban J connectivity index is 2.41. The number of hydrogen-bond donors (Lipinski definition) is 5. The zero-order valence-electron chi connectivity index (χ0n) is 14.2. The van der Waals surface area contributed by atoms with Gasteiger partial charge in [0.2, 0.25) is 0 Å². The molecule has 8 nitrogen and oxygen atoms in total. The van der Waals surface area contributed by atoms with E-state index < -0.39 is 36.8 Å². The van der Waals surface area contributed by atoms with Gasteiger partial charge in [-0.1, -0.05) is 0 Å². The Labute approximate surface area is 137 Å². The van der Waals surface area contributed by atoms with Gasteiger partial charge in [-0.2, -0.15) is 0 Å². The molecule has 0 saturated carbocycles. The van der Waals surface area contributed by atoms with Gasteiger partial charge in [0.25, 0.3) is 0 Å². The normalized spacial score (nSPS) is 33.7. The van der Waals surface area contributed by atoms with Crippen LogP contribution in [0.2, 0.25) is 0 Å². The second-order valence-corrected chi connectivity index (χ2v) is 6.20. The van der Waals surface area contributed by atoms with Crippen molar-refractivity contribution in [2.75, 3.05) is 39.4 Å². The van der Waals surface area contributed by atoms with Crippen LogP contribution < -0.4 is 0 Å². The van der Waals surface area contributed by atoms with E-state index in [0.29, 0.717) is 6.54 Å². The predicted molar refractivity (Wildman–Crippen MR) is 82.5 cm³/mol. The molecule has 0 aliphatic carbocycles. The quantitative estimate of drug-likeness (QED) is 0.310. The summed E-state index contributed by atoms with van der Waals surface area (Å²) < 4.78 is 11.2. The van der Waals surface area contributed by atoms with Gasteiger partial charge >= 0.3 is 0 Å². The van der Waals surface area contributed by atoms with Gasteiger partial charge in [-0.15, -0.1) is 0 Å². The van der Waals surface area contributed by atoms with Gasteiger partial charge in [0, 0.05) is 0 Å². The molecule has 1 fully saturated rings. The van der Waals surface area contributed by atoms with Crippen molar-refractivity contribution in [3.63, 3.8) is 0 Å². The molecule has 5 N–H and O–H groups in total. The average molecular weight is 338 g/mol. The van der Waals surface area contributed by atoms with Crippen LogP contribution in [0.5, 0.6) is 0 Å². The number of aliphatic hydroxyl groups is 5. The molecule has 8 heteroatoms. The minimum atomic E-state index is -1.57. The Kier molecular flexibility index (Phi) is 8.32. The van der Waals surface area contributed by atoms with Gasteiger partial charge in [0.05, 0.1) is 32.8 Å². The van der Waals surface area contributed by atoms with Crippen molar-refractivity contribution in [1.82, 2.24) is 0 Å². The molecule has 6 atom stereocenters. The monoisotopic (exact) mass is 338 g/mol. The summed E-state index contributed by atoms with van der Waals surface area (Å²) in [5.74, 6) is 0. The maximum absolute atomic E-state index is 10.1. The highest BCUT2D eigenvalue weighted by molar-refractivity contribution is 4.88. The van der Waals surface area contributed by atoms with Gasteiger partial charge < -0.3 is 39.5 Å². The fourth-order valence-corrected chi connectivity index (χ4v) is 2.95. The maximum atomic E-state index is 10.1. The molecule has 0 aromatic rings. The SMILES string of the molecule is CC[N+](CC)(CC)CC(O)COC[C@H]1O[C@H](O)[C@H](O)[C@@H](O)[C@@H]1O. The van der Waals surface area contributed by atoms with Crippen LogP contribution in [0.4, 0.5) is 0 Å². The first-order valence-electron chi connectivity index (χ1n) is 8.28. The van der Waals surface area contributed by atoms with Crippen LogP contribution in [0.3, 0.4) is 0 Å². The molecule has 0 aromatic heterocycles. The van der Waals surface area contributed by atoms with E-state index in [9.17, 15) is 25.5 Å². The van der Waals surface area contributed by atoms with Crippen LogP contribution >= 0.6 is 0 Å². The zero-order chi connectivity index (χ0) is 17.6. The van der Waals surface area contributed by atoms with Crippen molar-refractivity contribution >= 4 is 0 Å². The lowest BCUT2D eigenvalue weighted by molar-refractivity contribution is -0.926. The van der Waals surface area contributed by atoms with Gasteiger partial charge in [0.1, 0.15) is 37.1 Å². The van der Waals surface area contributed by atoms with Crippen molar-refractivity contribution in [3.05, 3.63) is 0 Å². The summed E-state index contributed by atoms with van der Waals surface area (Å²) in [4.78, 5) is 0. The van der Waals surface area contributed by atoms with Gasteiger partial charge in [0.15, 0.2) is 6.29 Å². The van der Waals surface area contributed by atoms with E-state index in [4.69, 9.17) is 9.47 Å². The molecule has 1 aliphatic heterocycles. The van der Waals surface area contributed by atoms with E-state index in [2.05, 4.69) is 20.8 Å². The molecule has 23 heavy (non-hydrogen) atoms. The molecule has 1 heterocycles. The van der Waals surface area contributed by atoms with Crippen molar-refractivity contribution in [2.24, 2.45) is 0 Å². The van der Waals surface area contributed by atoms with Crippen molar-refractivity contribution in [1.29, 1.82) is 0 Å². The van der Waals surface area contributed by atoms with Crippen molar-refractivity contribution in [2.45, 2.75) is 57.6 Å². The molecule has 1 aliphatic rings. The summed E-state index contributed by atoms with van der Waals surface area (Å²) in [7, 11) is 0. The number of hydrogen-bond acceptors (Lipinski definition) is 7. The number of nitrogens with zero attached hydrogens (tertiary/aromatic N) is 1. The topological polar surface area (TPSA) is 120 Å². The van der Waals surface area contributed by atoms with Crippen LogP contribution in [0.25, 0.3) is 0 Å². The highest BCUT2D eigenvalue weighted by Crippen LogP contribution is 2.20. The molecule has 138 valence electrons. The van der Waals surface area contributed by atoms with Crippen LogP contribution in [0, 0.1) is 0 Å². The summed E-state index contributed by atoms with van der Waals surface area (Å²) in [6.45, 7) is 9.56. The standard InChI is InChI=1S/C15H32NO7/c1-4-16(5-2,6-3)7-10(17)8-22-9-11-12(18)13(19)14(20)15(21)23-11/h10-15,17-21H,4-9H2,1-3H3/q+1/t10?,11-,12-,13+,14-,15+/m1/s1. The Bertz CT molecular complexity index is 332. The van der Waals surface area contributed by atoms with Crippen LogP contribution in [-0.4, -0.2) is 106 Å². The molecule has 0 bridgehead atoms. The van der Waals surface area contributed by atoms with Crippen LogP contribution in [0.15, 0.2) is 0 Å². The molecular formula is C15H32NO7+. The lowest BCUT2D eigenvalue weighted by Gasteiger charge is -2.39. The molecular weight excluding hydrogens is 306 g/mol. The lowest BCUT2D eigenvalue weighted by atomic mass is 9.99. The smallest absolute Gasteiger partial charge is 0.184 e. The Morgan fingerprint density at radius 2 is 1.52 bits per heavy atom. The summed E-state index contributed by atoms with van der Waals surface area (Å²) in [6, 6.07) is 0. The van der Waals surface area contributed by atoms with Crippen molar-refractivity contribution < 1.29 is 39.5 Å². The largest absolute Gasteiger partial charge is 0.387 e. The molecule has 0 amide bonds. The van der Waals surface area contributed by atoms with Crippen LogP contribution in [0.1, 0.15) is 20.8 Å². The lowest BCUT2D eigenvalue weighted by Crippen LogP contribution is -2.58. The molecule has 1 unspecified atom stereocenters. The summed E-state index contributed by atoms with van der Waals surface area (Å²) in [5, 5.41) is 48.4. The Morgan fingerprint density at radius 3 is 2.04 bits per heavy atom. The van der Waals surface area contributed by atoms with Crippen molar-refractivity contribution in [3.8, 4) is 0 Å². The fraction of sp³-hybridized carbons (Fsp3) is 1.00. The Hall–Kier alpha value is -0.320. The molecule has 0 spiro atoms. The first kappa shape index (κ1) is 20.7. The fourth-order valence-electron chi connectivity index (χ4n) is 2.95. The van der Waals surface area contributed by atoms with E-state index >= 15 is 0 Å². The number of quaternary nitrogens is 1. The summed E-state index contributed by atoms with van der Waals surface area (Å²) in [6.07, 6.45) is -7.60. The molecule has 0 radical (unpaired) electrons. The second kappa shape index (κ2) is 9.24. The molecule has 1 saturated heterocycles. The summed E-state index contributed by atoms with van der Waals surface area (Å²) in [5.41, 5.74) is 0. The minimum Gasteiger partial charge on any atom is -0.387 e. The van der Waals surface area contributed by atoms with E-state index in [-0.39, 0.29) is 13.2 Å². The highest BCUT2D eigenvalue weighted by Gasteiger charge is 2.43. The number of ether oxygens (including phenoxy) is 2. The third kappa shape index (κ3) is 5.33. The van der Waals surface area contributed by atoms with Gasteiger partial charge in [-0.05, 0) is 20.8 Å². The minimum absolute atomic E-state index is 0.0708. The van der Waals surface area contributed by atoms with E-state index in [0.717, 1.165) is 24.1 Å². The van der Waals surface area contributed by atoms with Gasteiger partial charge in [-0.25, -0.2) is 0 Å². The zero-order valence-corrected chi connectivity index (χ0v) is 14.2. The first-order chi connectivity index (χ1) is 10.8. The second-order valence-electron chi connectivity index (χ2n) is 6.20. The molecule has 0 aromatic carbocycles. The average Bonchev–Trinajstić information content (AvgIpc) is 2.55. The predicted octanol–water partition coefficient (Wildman–Crippen LogP) is -1.96. The van der Waals surface area contributed by atoms with E-state index in [1.807, 2.05) is 0 Å². The molecule has 1 rings (SSSR count). The highest BCUT2D eigenvalue weighted by atomic mass is 16.6. The number of rotatable bonds is 9. The van der Waals surface area contributed by atoms with E-state index in [1.165, 1.54) is 0 Å². The van der Waals surface area contributed by atoms with E-state index in [1.54, 1.807) is 0 Å². The number of likely N-dealkylation sites (N-methyl/N-ethyl adjacent to an activating group) is 1. The summed E-state index contributed by atoms with van der Waals surface area (Å²) >= 11 is 0. The third-order valence-electron chi connectivity index (χ3n) is 4.89. The Morgan fingerprint density at radius 1 is 0.957 bits per heavy atom. The van der Waals surface area contributed by atoms with Gasteiger partial charge in [-0.3, -0.25) is 0 Å². The maximum Gasteiger partial charge on any atom is 0.184 e. The number of aliphatic hydroxyl groups excluding tert-OH is 5. The van der Waals surface area contributed by atoms with Crippen LogP contribution in [-0.2, 0) is 9.47 Å². The first-order valence-corrected chi connectivity index (χ1v) is 8.28.